The number of hydrogen-bond acceptors (Lipinski definition) is 6. The van der Waals surface area contributed by atoms with Gasteiger partial charge in [0, 0.05) is 4.88 Å². The van der Waals surface area contributed by atoms with E-state index in [1.54, 1.807) is 17.7 Å². The molecule has 0 N–H and O–H groups in total. The van der Waals surface area contributed by atoms with Crippen LogP contribution in [0.3, 0.4) is 0 Å². The third-order valence-corrected chi connectivity index (χ3v) is 5.78. The molecule has 6 nitrogen and oxygen atoms in total. The lowest BCUT2D eigenvalue weighted by Crippen LogP contribution is -2.21. The predicted octanol–water partition coefficient (Wildman–Crippen LogP) is 4.51. The van der Waals surface area contributed by atoms with Crippen LogP contribution in [0, 0.1) is 0 Å². The van der Waals surface area contributed by atoms with Crippen molar-refractivity contribution in [3.63, 3.8) is 0 Å². The fourth-order valence-electron chi connectivity index (χ4n) is 2.94. The molecule has 0 atom stereocenters. The van der Waals surface area contributed by atoms with Gasteiger partial charge >= 0.3 is 6.09 Å². The van der Waals surface area contributed by atoms with Gasteiger partial charge in [-0.2, -0.15) is 0 Å². The van der Waals surface area contributed by atoms with Crippen molar-refractivity contribution in [1.82, 2.24) is 14.9 Å². The zero-order chi connectivity index (χ0) is 19.8. The van der Waals surface area contributed by atoms with E-state index in [4.69, 9.17) is 11.6 Å². The van der Waals surface area contributed by atoms with E-state index in [-0.39, 0.29) is 0 Å². The molecule has 0 radical (unpaired) electrons. The molecule has 8 heteroatoms. The van der Waals surface area contributed by atoms with E-state index in [0.29, 0.717) is 24.7 Å². The van der Waals surface area contributed by atoms with Gasteiger partial charge in [0.1, 0.15) is 22.9 Å². The van der Waals surface area contributed by atoms with Crippen LogP contribution in [-0.2, 0) is 22.4 Å². The van der Waals surface area contributed by atoms with Crippen LogP contribution in [0.1, 0.15) is 23.3 Å². The molecule has 1 fully saturated rings. The van der Waals surface area contributed by atoms with Gasteiger partial charge in [0.05, 0.1) is 11.9 Å². The Morgan fingerprint density at radius 3 is 2.32 bits per heavy atom. The maximum Gasteiger partial charge on any atom is 0.416 e. The highest BCUT2D eigenvalue weighted by molar-refractivity contribution is 7.19. The van der Waals surface area contributed by atoms with E-state index in [1.165, 1.54) is 29.7 Å². The second-order valence-electron chi connectivity index (χ2n) is 6.12. The predicted molar refractivity (Wildman–Crippen MR) is 110 cm³/mol. The van der Waals surface area contributed by atoms with E-state index < -0.39 is 6.09 Å². The molecule has 0 spiro atoms. The zero-order valence-electron chi connectivity index (χ0n) is 15.2. The lowest BCUT2D eigenvalue weighted by atomic mass is 9.97. The minimum Gasteiger partial charge on any atom is -0.447 e. The summed E-state index contributed by atoms with van der Waals surface area (Å²) in [6.45, 7) is 0.722. The largest absolute Gasteiger partial charge is 0.447 e. The summed E-state index contributed by atoms with van der Waals surface area (Å²) in [7, 11) is 0. The monoisotopic (exact) mass is 417 g/mol. The van der Waals surface area contributed by atoms with E-state index in [9.17, 15) is 9.59 Å². The second-order valence-corrected chi connectivity index (χ2v) is 7.57. The minimum atomic E-state index is -0.542. The molecule has 2 amide bonds. The van der Waals surface area contributed by atoms with Crippen LogP contribution >= 0.6 is 22.9 Å². The number of aromatic nitrogens is 2. The number of hydrogen-bond donors (Lipinski definition) is 0. The molecule has 28 heavy (non-hydrogen) atoms. The molecule has 0 bridgehead atoms. The van der Waals surface area contributed by atoms with Crippen LogP contribution in [0.15, 0.2) is 42.7 Å². The van der Waals surface area contributed by atoms with Crippen molar-refractivity contribution < 1.29 is 14.3 Å². The number of amides is 2. The molecule has 1 aliphatic carbocycles. The summed E-state index contributed by atoms with van der Waals surface area (Å²) in [6.07, 6.45) is 6.37. The Balaban J connectivity index is 0.000000136. The van der Waals surface area contributed by atoms with E-state index in [0.717, 1.165) is 21.5 Å². The molecular formula is C20H20ClN3O3S. The third kappa shape index (κ3) is 5.05. The van der Waals surface area contributed by atoms with E-state index in [1.807, 2.05) is 36.4 Å². The molecular weight excluding hydrogens is 398 g/mol. The lowest BCUT2D eigenvalue weighted by molar-refractivity contribution is -0.115. The first-order chi connectivity index (χ1) is 13.7. The first-order valence-corrected chi connectivity index (χ1v) is 10.2. The summed E-state index contributed by atoms with van der Waals surface area (Å²) in [6, 6.07) is 12.0. The SMILES string of the molecule is Clc1ncnc2sc3c(c12)CCCC3.O=CN1CCOC1=O.c1ccccc1. The summed E-state index contributed by atoms with van der Waals surface area (Å²) in [5, 5.41) is 1.73. The number of carbonyl (C=O) groups excluding carboxylic acids is 2. The second kappa shape index (κ2) is 10.1. The number of ether oxygens (including phenoxy) is 1. The average Bonchev–Trinajstić information content (AvgIpc) is 3.33. The topological polar surface area (TPSA) is 72.4 Å². The van der Waals surface area contributed by atoms with Gasteiger partial charge in [0.15, 0.2) is 0 Å². The molecule has 5 rings (SSSR count). The number of halogens is 1. The summed E-state index contributed by atoms with van der Waals surface area (Å²) in [4.78, 5) is 31.9. The molecule has 0 saturated carbocycles. The fraction of sp³-hybridized carbons (Fsp3) is 0.300. The summed E-state index contributed by atoms with van der Waals surface area (Å²) < 4.78 is 4.41. The first kappa shape index (κ1) is 20.2. The van der Waals surface area contributed by atoms with Crippen molar-refractivity contribution in [3.05, 3.63) is 58.3 Å². The van der Waals surface area contributed by atoms with Crippen LogP contribution in [0.5, 0.6) is 0 Å². The Hall–Kier alpha value is -2.51. The number of carbonyl (C=O) groups is 2. The molecule has 2 aromatic heterocycles. The number of nitrogens with zero attached hydrogens (tertiary/aromatic N) is 3. The van der Waals surface area contributed by atoms with Gasteiger partial charge in [-0.3, -0.25) is 4.79 Å². The number of fused-ring (bicyclic) bond motifs is 3. The first-order valence-electron chi connectivity index (χ1n) is 9.00. The number of thiophene rings is 1. The standard InChI is InChI=1S/C10H9ClN2S.C6H6.C4H5NO3/c11-9-8-6-3-1-2-4-7(6)14-10(8)13-5-12-9;1-2-4-6-5-3-1;6-3-5-1-2-8-4(5)7/h5H,1-4H2;1-6H;3H,1-2H2. The van der Waals surface area contributed by atoms with Crippen molar-refractivity contribution >= 4 is 45.7 Å². The smallest absolute Gasteiger partial charge is 0.416 e. The van der Waals surface area contributed by atoms with Gasteiger partial charge in [-0.25, -0.2) is 19.7 Å². The minimum absolute atomic E-state index is 0.331. The van der Waals surface area contributed by atoms with Gasteiger partial charge in [-0.1, -0.05) is 48.0 Å². The Morgan fingerprint density at radius 2 is 1.75 bits per heavy atom. The summed E-state index contributed by atoms with van der Waals surface area (Å²) in [5.41, 5.74) is 1.40. The maximum atomic E-state index is 10.3. The lowest BCUT2D eigenvalue weighted by Gasteiger charge is -2.10. The van der Waals surface area contributed by atoms with Crippen LogP contribution < -0.4 is 0 Å². The quantitative estimate of drug-likeness (QED) is 0.430. The van der Waals surface area contributed by atoms with Crippen molar-refractivity contribution in [1.29, 1.82) is 0 Å². The Bertz CT molecular complexity index is 906. The van der Waals surface area contributed by atoms with Crippen molar-refractivity contribution in [2.45, 2.75) is 25.7 Å². The van der Waals surface area contributed by atoms with Crippen LogP contribution in [0.4, 0.5) is 4.79 Å². The number of aryl methyl sites for hydroxylation is 2. The molecule has 3 aromatic rings. The zero-order valence-corrected chi connectivity index (χ0v) is 16.8. The van der Waals surface area contributed by atoms with Gasteiger partial charge in [0.2, 0.25) is 6.41 Å². The van der Waals surface area contributed by atoms with Crippen molar-refractivity contribution in [2.75, 3.05) is 13.2 Å². The number of cyclic esters (lactones) is 1. The molecule has 0 unspecified atom stereocenters. The molecule has 3 heterocycles. The van der Waals surface area contributed by atoms with Crippen molar-refractivity contribution in [3.8, 4) is 0 Å². The molecule has 1 aliphatic heterocycles. The van der Waals surface area contributed by atoms with Crippen LogP contribution in [0.25, 0.3) is 10.2 Å². The molecule has 146 valence electrons. The van der Waals surface area contributed by atoms with Crippen LogP contribution in [0.2, 0.25) is 5.15 Å². The highest BCUT2D eigenvalue weighted by Crippen LogP contribution is 2.37. The number of benzene rings is 1. The van der Waals surface area contributed by atoms with Gasteiger partial charge in [0.25, 0.3) is 0 Å². The van der Waals surface area contributed by atoms with Gasteiger partial charge in [-0.15, -0.1) is 11.3 Å². The Labute approximate surface area is 172 Å². The number of imide groups is 1. The Kier molecular flexibility index (Phi) is 7.33. The highest BCUT2D eigenvalue weighted by Gasteiger charge is 2.20. The summed E-state index contributed by atoms with van der Waals surface area (Å²) in [5.74, 6) is 0. The van der Waals surface area contributed by atoms with Crippen LogP contribution in [-0.4, -0.2) is 40.5 Å². The Morgan fingerprint density at radius 1 is 1.07 bits per heavy atom. The molecule has 1 aromatic carbocycles. The number of rotatable bonds is 1. The van der Waals surface area contributed by atoms with E-state index in [2.05, 4.69) is 14.7 Å². The van der Waals surface area contributed by atoms with Gasteiger partial charge < -0.3 is 4.74 Å². The molecule has 1 saturated heterocycles. The summed E-state index contributed by atoms with van der Waals surface area (Å²) >= 11 is 7.87. The fourth-order valence-corrected chi connectivity index (χ4v) is 4.47. The third-order valence-electron chi connectivity index (χ3n) is 4.29. The van der Waals surface area contributed by atoms with E-state index >= 15 is 0 Å². The maximum absolute atomic E-state index is 10.3. The normalized spacial score (nSPS) is 14.9. The highest BCUT2D eigenvalue weighted by atomic mass is 35.5. The van der Waals surface area contributed by atoms with Gasteiger partial charge in [-0.05, 0) is 31.2 Å². The van der Waals surface area contributed by atoms with Crippen molar-refractivity contribution in [2.24, 2.45) is 0 Å². The average molecular weight is 418 g/mol. The molecule has 2 aliphatic rings.